The highest BCUT2D eigenvalue weighted by molar-refractivity contribution is 9.10. The fraction of sp³-hybridized carbons (Fsp3) is 0.429. The van der Waals surface area contributed by atoms with E-state index < -0.39 is 0 Å². The van der Waals surface area contributed by atoms with Crippen LogP contribution in [0.25, 0.3) is 0 Å². The molecule has 2 rings (SSSR count). The van der Waals surface area contributed by atoms with Crippen molar-refractivity contribution < 1.29 is 4.79 Å². The van der Waals surface area contributed by atoms with Crippen molar-refractivity contribution in [2.45, 2.75) is 25.2 Å². The summed E-state index contributed by atoms with van der Waals surface area (Å²) in [5.41, 5.74) is 6.44. The molecule has 0 saturated heterocycles. The first-order valence-corrected chi connectivity index (χ1v) is 7.85. The second kappa shape index (κ2) is 7.04. The minimum Gasteiger partial charge on any atom is -0.364 e. The second-order valence-corrected chi connectivity index (χ2v) is 6.24. The standard InChI is InChI=1S/C14H18BrN3OS/c1-16-14(20)18-17-13(19)12(9-4-2-5-9)10-6-3-7-11(15)8-10/h3,6-9,12H,2,4-5H2,1H3,(H,17,19)(H2,16,18,20). The van der Waals surface area contributed by atoms with E-state index in [4.69, 9.17) is 12.2 Å². The summed E-state index contributed by atoms with van der Waals surface area (Å²) in [6, 6.07) is 7.94. The van der Waals surface area contributed by atoms with E-state index >= 15 is 0 Å². The highest BCUT2D eigenvalue weighted by Crippen LogP contribution is 2.39. The van der Waals surface area contributed by atoms with Crippen molar-refractivity contribution in [3.05, 3.63) is 34.3 Å². The monoisotopic (exact) mass is 355 g/mol. The number of carbonyl (C=O) groups is 1. The quantitative estimate of drug-likeness (QED) is 0.575. The number of nitrogens with one attached hydrogen (secondary N) is 3. The van der Waals surface area contributed by atoms with Gasteiger partial charge in [-0.1, -0.05) is 34.5 Å². The van der Waals surface area contributed by atoms with Gasteiger partial charge >= 0.3 is 0 Å². The Kier molecular flexibility index (Phi) is 5.37. The number of halogens is 1. The van der Waals surface area contributed by atoms with E-state index in [1.807, 2.05) is 24.3 Å². The summed E-state index contributed by atoms with van der Waals surface area (Å²) in [5.74, 6) is 0.244. The number of thiocarbonyl (C=S) groups is 1. The molecule has 6 heteroatoms. The van der Waals surface area contributed by atoms with E-state index in [9.17, 15) is 4.79 Å². The number of carbonyl (C=O) groups excluding carboxylic acids is 1. The minimum absolute atomic E-state index is 0.0367. The third-order valence-electron chi connectivity index (χ3n) is 3.64. The molecule has 0 heterocycles. The lowest BCUT2D eigenvalue weighted by molar-refractivity contribution is -0.125. The van der Waals surface area contributed by atoms with E-state index in [-0.39, 0.29) is 11.8 Å². The van der Waals surface area contributed by atoms with E-state index in [0.29, 0.717) is 11.0 Å². The van der Waals surface area contributed by atoms with Crippen LogP contribution in [0.5, 0.6) is 0 Å². The third kappa shape index (κ3) is 3.70. The van der Waals surface area contributed by atoms with E-state index in [1.165, 1.54) is 6.42 Å². The first kappa shape index (κ1) is 15.3. The van der Waals surface area contributed by atoms with Gasteiger partial charge in [-0.3, -0.25) is 15.6 Å². The molecule has 1 aromatic carbocycles. The van der Waals surface area contributed by atoms with Crippen molar-refractivity contribution in [1.29, 1.82) is 0 Å². The first-order chi connectivity index (χ1) is 9.61. The zero-order valence-electron chi connectivity index (χ0n) is 11.3. The van der Waals surface area contributed by atoms with Crippen LogP contribution >= 0.6 is 28.1 Å². The van der Waals surface area contributed by atoms with Gasteiger partial charge in [-0.05, 0) is 48.7 Å². The summed E-state index contributed by atoms with van der Waals surface area (Å²) in [5, 5.41) is 3.17. The molecule has 0 spiro atoms. The zero-order valence-corrected chi connectivity index (χ0v) is 13.7. The van der Waals surface area contributed by atoms with Crippen LogP contribution in [0.2, 0.25) is 0 Å². The molecule has 1 aliphatic rings. The molecule has 108 valence electrons. The second-order valence-electron chi connectivity index (χ2n) is 4.92. The highest BCUT2D eigenvalue weighted by atomic mass is 79.9. The van der Waals surface area contributed by atoms with Gasteiger partial charge in [0.15, 0.2) is 5.11 Å². The molecule has 1 saturated carbocycles. The average Bonchev–Trinajstić information content (AvgIpc) is 2.39. The number of benzene rings is 1. The average molecular weight is 356 g/mol. The molecule has 20 heavy (non-hydrogen) atoms. The topological polar surface area (TPSA) is 53.2 Å². The maximum absolute atomic E-state index is 12.4. The molecular formula is C14H18BrN3OS. The Morgan fingerprint density at radius 1 is 1.40 bits per heavy atom. The van der Waals surface area contributed by atoms with Gasteiger partial charge in [-0.2, -0.15) is 0 Å². The zero-order chi connectivity index (χ0) is 14.5. The molecule has 1 atom stereocenters. The lowest BCUT2D eigenvalue weighted by Crippen LogP contribution is -2.48. The van der Waals surface area contributed by atoms with Crippen LogP contribution in [0.1, 0.15) is 30.7 Å². The molecule has 0 aliphatic heterocycles. The fourth-order valence-corrected chi connectivity index (χ4v) is 2.84. The molecule has 0 radical (unpaired) electrons. The van der Waals surface area contributed by atoms with Crippen molar-refractivity contribution in [1.82, 2.24) is 16.2 Å². The van der Waals surface area contributed by atoms with E-state index in [1.54, 1.807) is 7.05 Å². The number of rotatable bonds is 3. The SMILES string of the molecule is CNC(=S)NNC(=O)C(c1cccc(Br)c1)C1CCC1. The summed E-state index contributed by atoms with van der Waals surface area (Å²) in [6.07, 6.45) is 3.40. The Hall–Kier alpha value is -1.14. The van der Waals surface area contributed by atoms with Crippen molar-refractivity contribution in [3.8, 4) is 0 Å². The van der Waals surface area contributed by atoms with Crippen molar-refractivity contribution in [3.63, 3.8) is 0 Å². The van der Waals surface area contributed by atoms with Gasteiger partial charge < -0.3 is 5.32 Å². The molecule has 1 amide bonds. The predicted octanol–water partition coefficient (Wildman–Crippen LogP) is 2.46. The van der Waals surface area contributed by atoms with Gasteiger partial charge in [0.1, 0.15) is 0 Å². The molecule has 0 aromatic heterocycles. The van der Waals surface area contributed by atoms with E-state index in [0.717, 1.165) is 22.9 Å². The summed E-state index contributed by atoms with van der Waals surface area (Å²) in [4.78, 5) is 12.4. The minimum atomic E-state index is -0.131. The molecule has 4 nitrogen and oxygen atoms in total. The van der Waals surface area contributed by atoms with Gasteiger partial charge in [0, 0.05) is 11.5 Å². The molecular weight excluding hydrogens is 338 g/mol. The number of hydrazine groups is 1. The summed E-state index contributed by atoms with van der Waals surface area (Å²) < 4.78 is 0.992. The maximum atomic E-state index is 12.4. The lowest BCUT2D eigenvalue weighted by Gasteiger charge is -2.33. The normalized spacial score (nSPS) is 15.9. The first-order valence-electron chi connectivity index (χ1n) is 6.65. The van der Waals surface area contributed by atoms with Crippen LogP contribution in [-0.4, -0.2) is 18.1 Å². The number of hydrogen-bond acceptors (Lipinski definition) is 2. The molecule has 0 bridgehead atoms. The van der Waals surface area contributed by atoms with Crippen LogP contribution < -0.4 is 16.2 Å². The third-order valence-corrected chi connectivity index (χ3v) is 4.44. The molecule has 1 aromatic rings. The maximum Gasteiger partial charge on any atom is 0.246 e. The molecule has 1 unspecified atom stereocenters. The number of hydrogen-bond donors (Lipinski definition) is 3. The molecule has 1 fully saturated rings. The summed E-state index contributed by atoms with van der Waals surface area (Å²) in [7, 11) is 1.71. The Bertz CT molecular complexity index is 505. The van der Waals surface area contributed by atoms with Crippen molar-refractivity contribution >= 4 is 39.2 Å². The van der Waals surface area contributed by atoms with Crippen molar-refractivity contribution in [2.24, 2.45) is 5.92 Å². The van der Waals surface area contributed by atoms with Gasteiger partial charge in [-0.25, -0.2) is 0 Å². The van der Waals surface area contributed by atoms with Gasteiger partial charge in [-0.15, -0.1) is 0 Å². The summed E-state index contributed by atoms with van der Waals surface area (Å²) >= 11 is 8.43. The lowest BCUT2D eigenvalue weighted by atomic mass is 9.72. The molecule has 3 N–H and O–H groups in total. The van der Waals surface area contributed by atoms with Crippen LogP contribution in [0, 0.1) is 5.92 Å². The Morgan fingerprint density at radius 3 is 2.70 bits per heavy atom. The van der Waals surface area contributed by atoms with Crippen LogP contribution in [-0.2, 0) is 4.79 Å². The van der Waals surface area contributed by atoms with Crippen LogP contribution in [0.4, 0.5) is 0 Å². The largest absolute Gasteiger partial charge is 0.364 e. The van der Waals surface area contributed by atoms with Crippen LogP contribution in [0.15, 0.2) is 28.7 Å². The Balaban J connectivity index is 2.11. The van der Waals surface area contributed by atoms with E-state index in [2.05, 4.69) is 32.1 Å². The number of amides is 1. The smallest absolute Gasteiger partial charge is 0.246 e. The molecule has 1 aliphatic carbocycles. The van der Waals surface area contributed by atoms with Gasteiger partial charge in [0.25, 0.3) is 0 Å². The fourth-order valence-electron chi connectivity index (χ4n) is 2.37. The van der Waals surface area contributed by atoms with Crippen molar-refractivity contribution in [2.75, 3.05) is 7.05 Å². The van der Waals surface area contributed by atoms with Gasteiger partial charge in [0.2, 0.25) is 5.91 Å². The predicted molar refractivity (Wildman–Crippen MR) is 87.2 cm³/mol. The van der Waals surface area contributed by atoms with Crippen LogP contribution in [0.3, 0.4) is 0 Å². The Labute approximate surface area is 132 Å². The van der Waals surface area contributed by atoms with Gasteiger partial charge in [0.05, 0.1) is 5.92 Å². The highest BCUT2D eigenvalue weighted by Gasteiger charge is 2.34. The summed E-state index contributed by atoms with van der Waals surface area (Å²) in [6.45, 7) is 0. The Morgan fingerprint density at radius 2 is 2.15 bits per heavy atom.